The zero-order chi connectivity index (χ0) is 25.4. The molecular formula is C23H22ClF3N2O4S2. The number of benzene rings is 2. The summed E-state index contributed by atoms with van der Waals surface area (Å²) >= 11 is 6.99. The number of likely N-dealkylation sites (N-methyl/N-ethyl adjacent to an activating group) is 1. The van der Waals surface area contributed by atoms with Crippen molar-refractivity contribution in [2.75, 3.05) is 32.0 Å². The van der Waals surface area contributed by atoms with Gasteiger partial charge >= 0.3 is 6.18 Å². The predicted octanol–water partition coefficient (Wildman–Crippen LogP) is 5.98. The molecule has 2 aromatic carbocycles. The second kappa shape index (κ2) is 9.88. The minimum absolute atomic E-state index is 0.0513. The van der Waals surface area contributed by atoms with E-state index in [-0.39, 0.29) is 14.2 Å². The van der Waals surface area contributed by atoms with Crippen LogP contribution >= 0.6 is 22.9 Å². The van der Waals surface area contributed by atoms with E-state index in [1.54, 1.807) is 24.3 Å². The van der Waals surface area contributed by atoms with E-state index in [0.717, 1.165) is 29.5 Å². The van der Waals surface area contributed by atoms with Gasteiger partial charge in [-0.2, -0.15) is 13.2 Å². The van der Waals surface area contributed by atoms with E-state index in [4.69, 9.17) is 21.1 Å². The molecule has 1 N–H and O–H groups in total. The lowest BCUT2D eigenvalue weighted by atomic mass is 10.1. The number of hydrogen-bond acceptors (Lipinski definition) is 6. The summed E-state index contributed by atoms with van der Waals surface area (Å²) in [4.78, 5) is 1.95. The first kappa shape index (κ1) is 25.6. The van der Waals surface area contributed by atoms with Crippen molar-refractivity contribution in [1.82, 2.24) is 4.90 Å². The molecule has 188 valence electrons. The van der Waals surface area contributed by atoms with Crippen LogP contribution in [-0.4, -0.2) is 46.7 Å². The van der Waals surface area contributed by atoms with Crippen LogP contribution in [0.5, 0.6) is 11.5 Å². The lowest BCUT2D eigenvalue weighted by Crippen LogP contribution is -2.23. The first-order valence-electron chi connectivity index (χ1n) is 10.5. The SMILES string of the molecule is COc1ccc(-c2cc(Cl)sc2S(=O)(=O)Nc2ccc(C(F)(F)F)c(O[C@@H]3CCN(C)C3)c2)cc1. The third kappa shape index (κ3) is 5.85. The smallest absolute Gasteiger partial charge is 0.419 e. The van der Waals surface area contributed by atoms with E-state index in [2.05, 4.69) is 4.72 Å². The summed E-state index contributed by atoms with van der Waals surface area (Å²) in [5, 5.41) is 0. The monoisotopic (exact) mass is 546 g/mol. The van der Waals surface area contributed by atoms with Crippen molar-refractivity contribution < 1.29 is 31.1 Å². The van der Waals surface area contributed by atoms with E-state index < -0.39 is 33.6 Å². The van der Waals surface area contributed by atoms with Crippen LogP contribution in [0.15, 0.2) is 52.7 Å². The van der Waals surface area contributed by atoms with Gasteiger partial charge in [0, 0.05) is 24.7 Å². The number of anilines is 1. The molecule has 12 heteroatoms. The molecule has 0 aliphatic carbocycles. The van der Waals surface area contributed by atoms with Gasteiger partial charge in [-0.1, -0.05) is 23.7 Å². The Hall–Kier alpha value is -2.47. The average Bonchev–Trinajstić information content (AvgIpc) is 3.38. The van der Waals surface area contributed by atoms with E-state index in [1.165, 1.54) is 13.2 Å². The summed E-state index contributed by atoms with van der Waals surface area (Å²) in [6, 6.07) is 11.2. The molecule has 0 spiro atoms. The number of ether oxygens (including phenoxy) is 2. The van der Waals surface area contributed by atoms with Crippen molar-refractivity contribution in [2.24, 2.45) is 0 Å². The summed E-state index contributed by atoms with van der Waals surface area (Å²) < 4.78 is 80.6. The summed E-state index contributed by atoms with van der Waals surface area (Å²) in [5.74, 6) is 0.181. The van der Waals surface area contributed by atoms with Gasteiger partial charge in [-0.3, -0.25) is 4.72 Å². The maximum absolute atomic E-state index is 13.6. The number of alkyl halides is 3. The van der Waals surface area contributed by atoms with E-state index in [1.807, 2.05) is 11.9 Å². The lowest BCUT2D eigenvalue weighted by molar-refractivity contribution is -0.139. The highest BCUT2D eigenvalue weighted by molar-refractivity contribution is 7.94. The van der Waals surface area contributed by atoms with E-state index >= 15 is 0 Å². The lowest BCUT2D eigenvalue weighted by Gasteiger charge is -2.19. The van der Waals surface area contributed by atoms with Crippen LogP contribution in [0.1, 0.15) is 12.0 Å². The maximum Gasteiger partial charge on any atom is 0.419 e. The largest absolute Gasteiger partial charge is 0.497 e. The normalized spacial score (nSPS) is 16.9. The Morgan fingerprint density at radius 2 is 1.86 bits per heavy atom. The average molecular weight is 547 g/mol. The highest BCUT2D eigenvalue weighted by Gasteiger charge is 2.36. The van der Waals surface area contributed by atoms with Gasteiger partial charge < -0.3 is 14.4 Å². The zero-order valence-electron chi connectivity index (χ0n) is 18.7. The molecule has 0 amide bonds. The van der Waals surface area contributed by atoms with Crippen LogP contribution < -0.4 is 14.2 Å². The standard InChI is InChI=1S/C23H22ClF3N2O4S2/c1-29-10-9-17(13-29)33-20-11-15(5-8-19(20)23(25,26)27)28-35(30,31)22-18(12-21(24)34-22)14-3-6-16(32-2)7-4-14/h3-8,11-12,17,28H,9-10,13H2,1-2H3/t17-/m1/s1. The fraction of sp³-hybridized carbons (Fsp3) is 0.304. The van der Waals surface area contributed by atoms with E-state index in [0.29, 0.717) is 36.4 Å². The molecule has 1 atom stereocenters. The van der Waals surface area contributed by atoms with Crippen LogP contribution in [0, 0.1) is 0 Å². The third-order valence-electron chi connectivity index (χ3n) is 5.49. The Kier molecular flexibility index (Phi) is 7.23. The number of thiophene rings is 1. The maximum atomic E-state index is 13.6. The second-order valence-corrected chi connectivity index (χ2v) is 11.6. The van der Waals surface area contributed by atoms with Crippen molar-refractivity contribution in [1.29, 1.82) is 0 Å². The zero-order valence-corrected chi connectivity index (χ0v) is 21.1. The molecule has 0 unspecified atom stereocenters. The number of likely N-dealkylation sites (tertiary alicyclic amines) is 1. The van der Waals surface area contributed by atoms with Crippen molar-refractivity contribution >= 4 is 38.6 Å². The molecular weight excluding hydrogens is 525 g/mol. The van der Waals surface area contributed by atoms with Gasteiger partial charge in [0.2, 0.25) is 0 Å². The Labute approximate surface area is 210 Å². The minimum Gasteiger partial charge on any atom is -0.497 e. The van der Waals surface area contributed by atoms with Gasteiger partial charge in [0.1, 0.15) is 21.8 Å². The molecule has 1 aliphatic rings. The fourth-order valence-electron chi connectivity index (χ4n) is 3.81. The number of sulfonamides is 1. The van der Waals surface area contributed by atoms with Crippen LogP contribution in [0.3, 0.4) is 0 Å². The first-order chi connectivity index (χ1) is 16.5. The number of hydrogen-bond donors (Lipinski definition) is 1. The minimum atomic E-state index is -4.65. The van der Waals surface area contributed by atoms with Crippen molar-refractivity contribution in [2.45, 2.75) is 22.9 Å². The Morgan fingerprint density at radius 1 is 1.14 bits per heavy atom. The number of halogens is 4. The van der Waals surface area contributed by atoms with Gasteiger partial charge in [-0.15, -0.1) is 11.3 Å². The van der Waals surface area contributed by atoms with Gasteiger partial charge in [0.05, 0.1) is 22.7 Å². The second-order valence-electron chi connectivity index (χ2n) is 8.09. The molecule has 0 saturated carbocycles. The fourth-order valence-corrected chi connectivity index (χ4v) is 6.75. The predicted molar refractivity (Wildman–Crippen MR) is 130 cm³/mol. The summed E-state index contributed by atoms with van der Waals surface area (Å²) in [7, 11) is -0.811. The van der Waals surface area contributed by atoms with Crippen LogP contribution in [0.25, 0.3) is 11.1 Å². The molecule has 1 aromatic heterocycles. The first-order valence-corrected chi connectivity index (χ1v) is 13.2. The molecule has 2 heterocycles. The van der Waals surface area contributed by atoms with Crippen molar-refractivity contribution in [3.8, 4) is 22.6 Å². The van der Waals surface area contributed by atoms with Gasteiger partial charge in [-0.25, -0.2) is 8.42 Å². The molecule has 4 rings (SSSR count). The third-order valence-corrected chi connectivity index (χ3v) is 8.67. The molecule has 0 radical (unpaired) electrons. The molecule has 3 aromatic rings. The highest BCUT2D eigenvalue weighted by atomic mass is 35.5. The quantitative estimate of drug-likeness (QED) is 0.395. The number of methoxy groups -OCH3 is 1. The number of nitrogens with zero attached hydrogens (tertiary/aromatic N) is 1. The molecule has 1 aliphatic heterocycles. The topological polar surface area (TPSA) is 67.9 Å². The Morgan fingerprint density at radius 3 is 2.46 bits per heavy atom. The molecule has 6 nitrogen and oxygen atoms in total. The van der Waals surface area contributed by atoms with Gasteiger partial charge in [0.25, 0.3) is 10.0 Å². The summed E-state index contributed by atoms with van der Waals surface area (Å²) in [5.41, 5.74) is -0.0544. The molecule has 0 bridgehead atoms. The Balaban J connectivity index is 1.66. The molecule has 1 saturated heterocycles. The Bertz CT molecular complexity index is 1310. The van der Waals surface area contributed by atoms with E-state index in [9.17, 15) is 21.6 Å². The van der Waals surface area contributed by atoms with Crippen molar-refractivity contribution in [3.05, 3.63) is 58.4 Å². The number of rotatable bonds is 7. The van der Waals surface area contributed by atoms with Crippen molar-refractivity contribution in [3.63, 3.8) is 0 Å². The summed E-state index contributed by atoms with van der Waals surface area (Å²) in [6.07, 6.45) is -4.51. The molecule has 1 fully saturated rings. The van der Waals surface area contributed by atoms with Gasteiger partial charge in [0.15, 0.2) is 0 Å². The van der Waals surface area contributed by atoms with Crippen LogP contribution in [0.4, 0.5) is 18.9 Å². The molecule has 35 heavy (non-hydrogen) atoms. The van der Waals surface area contributed by atoms with Gasteiger partial charge in [-0.05, 0) is 49.4 Å². The van der Waals surface area contributed by atoms with Crippen LogP contribution in [0.2, 0.25) is 4.34 Å². The number of nitrogens with one attached hydrogen (secondary N) is 1. The van der Waals surface area contributed by atoms with Crippen LogP contribution in [-0.2, 0) is 16.2 Å². The summed E-state index contributed by atoms with van der Waals surface area (Å²) in [6.45, 7) is 1.18. The highest BCUT2D eigenvalue weighted by Crippen LogP contribution is 2.41.